The second kappa shape index (κ2) is 9.83. The van der Waals surface area contributed by atoms with Crippen LogP contribution in [0, 0.1) is 0 Å². The summed E-state index contributed by atoms with van der Waals surface area (Å²) < 4.78 is 4.58. The van der Waals surface area contributed by atoms with E-state index in [-0.39, 0.29) is 12.4 Å². The van der Waals surface area contributed by atoms with Crippen molar-refractivity contribution in [2.75, 3.05) is 19.4 Å². The van der Waals surface area contributed by atoms with Gasteiger partial charge in [-0.2, -0.15) is 0 Å². The van der Waals surface area contributed by atoms with Gasteiger partial charge in [0.1, 0.15) is 5.25 Å². The molecule has 7 heteroatoms. The van der Waals surface area contributed by atoms with E-state index in [0.29, 0.717) is 12.3 Å². The zero-order valence-corrected chi connectivity index (χ0v) is 13.4. The molecule has 120 valence electrons. The van der Waals surface area contributed by atoms with Gasteiger partial charge in [0.25, 0.3) is 0 Å². The van der Waals surface area contributed by atoms with E-state index in [2.05, 4.69) is 15.4 Å². The molecule has 0 saturated carbocycles. The van der Waals surface area contributed by atoms with Crippen LogP contribution in [0.4, 0.5) is 4.79 Å². The van der Waals surface area contributed by atoms with Crippen LogP contribution < -0.4 is 10.6 Å². The molecule has 3 amide bonds. The number of amides is 3. The molecule has 6 nitrogen and oxygen atoms in total. The highest BCUT2D eigenvalue weighted by molar-refractivity contribution is 8.00. The SMILES string of the molecule is CCNC(=O)NC(=O)[C@H](SCCC(=O)OC)c1ccccc1. The first-order valence-corrected chi connectivity index (χ1v) is 7.95. The van der Waals surface area contributed by atoms with E-state index in [4.69, 9.17) is 0 Å². The van der Waals surface area contributed by atoms with Gasteiger partial charge in [0.2, 0.25) is 5.91 Å². The van der Waals surface area contributed by atoms with Crippen molar-refractivity contribution in [3.63, 3.8) is 0 Å². The summed E-state index contributed by atoms with van der Waals surface area (Å²) in [7, 11) is 1.32. The molecule has 0 aromatic heterocycles. The molecule has 0 aliphatic heterocycles. The number of benzene rings is 1. The van der Waals surface area contributed by atoms with E-state index in [1.54, 1.807) is 6.92 Å². The van der Waals surface area contributed by atoms with Crippen molar-refractivity contribution >= 4 is 29.7 Å². The summed E-state index contributed by atoms with van der Waals surface area (Å²) in [4.78, 5) is 34.9. The average Bonchev–Trinajstić information content (AvgIpc) is 2.52. The number of carbonyl (C=O) groups excluding carboxylic acids is 3. The van der Waals surface area contributed by atoms with Gasteiger partial charge in [0.15, 0.2) is 0 Å². The van der Waals surface area contributed by atoms with Gasteiger partial charge in [0, 0.05) is 12.3 Å². The fourth-order valence-electron chi connectivity index (χ4n) is 1.70. The molecular formula is C15H20N2O4S. The molecule has 1 rings (SSSR count). The van der Waals surface area contributed by atoms with Crippen molar-refractivity contribution in [2.45, 2.75) is 18.6 Å². The number of urea groups is 1. The molecule has 0 saturated heterocycles. The van der Waals surface area contributed by atoms with Crippen LogP contribution in [0.15, 0.2) is 30.3 Å². The first kappa shape index (κ1) is 18.0. The van der Waals surface area contributed by atoms with E-state index in [1.807, 2.05) is 30.3 Å². The first-order chi connectivity index (χ1) is 10.6. The fourth-order valence-corrected chi connectivity index (χ4v) is 2.78. The highest BCUT2D eigenvalue weighted by Gasteiger charge is 2.23. The van der Waals surface area contributed by atoms with Gasteiger partial charge in [-0.05, 0) is 12.5 Å². The average molecular weight is 324 g/mol. The third-order valence-electron chi connectivity index (χ3n) is 2.73. The Hall–Kier alpha value is -2.02. The number of carbonyl (C=O) groups is 3. The third kappa shape index (κ3) is 6.17. The molecule has 0 aliphatic carbocycles. The summed E-state index contributed by atoms with van der Waals surface area (Å²) in [6, 6.07) is 8.59. The van der Waals surface area contributed by atoms with Gasteiger partial charge >= 0.3 is 12.0 Å². The number of thioether (sulfide) groups is 1. The Labute approximate surface area is 134 Å². The molecular weight excluding hydrogens is 304 g/mol. The number of rotatable bonds is 7. The molecule has 0 spiro atoms. The molecule has 0 fully saturated rings. The van der Waals surface area contributed by atoms with Crippen molar-refractivity contribution in [1.82, 2.24) is 10.6 Å². The minimum Gasteiger partial charge on any atom is -0.469 e. The largest absolute Gasteiger partial charge is 0.469 e. The van der Waals surface area contributed by atoms with Crippen molar-refractivity contribution in [3.05, 3.63) is 35.9 Å². The van der Waals surface area contributed by atoms with Crippen LogP contribution in [0.2, 0.25) is 0 Å². The van der Waals surface area contributed by atoms with Gasteiger partial charge in [-0.3, -0.25) is 14.9 Å². The summed E-state index contributed by atoms with van der Waals surface area (Å²) in [5, 5.41) is 4.26. The lowest BCUT2D eigenvalue weighted by Crippen LogP contribution is -2.41. The van der Waals surface area contributed by atoms with Crippen LogP contribution in [0.5, 0.6) is 0 Å². The Morgan fingerprint density at radius 2 is 1.91 bits per heavy atom. The zero-order valence-electron chi connectivity index (χ0n) is 12.6. The van der Waals surface area contributed by atoms with Gasteiger partial charge in [-0.25, -0.2) is 4.79 Å². The number of ether oxygens (including phenoxy) is 1. The summed E-state index contributed by atoms with van der Waals surface area (Å²) in [5.41, 5.74) is 0.777. The summed E-state index contributed by atoms with van der Waals surface area (Å²) in [6.07, 6.45) is 0.207. The van der Waals surface area contributed by atoms with Crippen LogP contribution in [0.25, 0.3) is 0 Å². The topological polar surface area (TPSA) is 84.5 Å². The first-order valence-electron chi connectivity index (χ1n) is 6.90. The predicted molar refractivity (Wildman–Crippen MR) is 85.5 cm³/mol. The molecule has 0 bridgehead atoms. The molecule has 1 aromatic carbocycles. The van der Waals surface area contributed by atoms with Gasteiger partial charge in [-0.15, -0.1) is 11.8 Å². The maximum atomic E-state index is 12.3. The Kier molecular flexibility index (Phi) is 8.06. The Morgan fingerprint density at radius 1 is 1.23 bits per heavy atom. The highest BCUT2D eigenvalue weighted by Crippen LogP contribution is 2.29. The number of hydrogen-bond acceptors (Lipinski definition) is 5. The Morgan fingerprint density at radius 3 is 2.50 bits per heavy atom. The quantitative estimate of drug-likeness (QED) is 0.748. The van der Waals surface area contributed by atoms with Gasteiger partial charge in [-0.1, -0.05) is 30.3 Å². The van der Waals surface area contributed by atoms with E-state index in [0.717, 1.165) is 5.56 Å². The summed E-state index contributed by atoms with van der Waals surface area (Å²) >= 11 is 1.29. The van der Waals surface area contributed by atoms with Crippen LogP contribution in [0.3, 0.4) is 0 Å². The monoisotopic (exact) mass is 324 g/mol. The van der Waals surface area contributed by atoms with Gasteiger partial charge in [0.05, 0.1) is 13.5 Å². The minimum atomic E-state index is -0.562. The Balaban J connectivity index is 2.72. The normalized spacial score (nSPS) is 11.4. The van der Waals surface area contributed by atoms with E-state index in [1.165, 1.54) is 18.9 Å². The van der Waals surface area contributed by atoms with Gasteiger partial charge < -0.3 is 10.1 Å². The Bertz CT molecular complexity index is 508. The third-order valence-corrected chi connectivity index (χ3v) is 3.99. The molecule has 22 heavy (non-hydrogen) atoms. The van der Waals surface area contributed by atoms with Crippen LogP contribution in [-0.2, 0) is 14.3 Å². The molecule has 0 aliphatic rings. The molecule has 1 aromatic rings. The van der Waals surface area contributed by atoms with Crippen LogP contribution in [0.1, 0.15) is 24.2 Å². The van der Waals surface area contributed by atoms with E-state index in [9.17, 15) is 14.4 Å². The highest BCUT2D eigenvalue weighted by atomic mass is 32.2. The predicted octanol–water partition coefficient (Wildman–Crippen LogP) is 1.87. The molecule has 0 unspecified atom stereocenters. The molecule has 1 atom stereocenters. The number of esters is 1. The fraction of sp³-hybridized carbons (Fsp3) is 0.400. The van der Waals surface area contributed by atoms with Crippen molar-refractivity contribution in [3.8, 4) is 0 Å². The van der Waals surface area contributed by atoms with Crippen molar-refractivity contribution < 1.29 is 19.1 Å². The van der Waals surface area contributed by atoms with E-state index < -0.39 is 17.2 Å². The van der Waals surface area contributed by atoms with Crippen LogP contribution in [-0.4, -0.2) is 37.3 Å². The number of methoxy groups -OCH3 is 1. The molecule has 2 N–H and O–H groups in total. The lowest BCUT2D eigenvalue weighted by atomic mass is 10.1. The number of imide groups is 1. The number of hydrogen-bond donors (Lipinski definition) is 2. The van der Waals surface area contributed by atoms with Crippen molar-refractivity contribution in [2.24, 2.45) is 0 Å². The minimum absolute atomic E-state index is 0.207. The maximum absolute atomic E-state index is 12.3. The van der Waals surface area contributed by atoms with Crippen molar-refractivity contribution in [1.29, 1.82) is 0 Å². The second-order valence-electron chi connectivity index (χ2n) is 4.34. The maximum Gasteiger partial charge on any atom is 0.321 e. The lowest BCUT2D eigenvalue weighted by molar-refractivity contribution is -0.140. The number of nitrogens with one attached hydrogen (secondary N) is 2. The van der Waals surface area contributed by atoms with E-state index >= 15 is 0 Å². The molecule has 0 heterocycles. The van der Waals surface area contributed by atoms with Crippen LogP contribution >= 0.6 is 11.8 Å². The standard InChI is InChI=1S/C15H20N2O4S/c1-3-16-15(20)17-14(19)13(11-7-5-4-6-8-11)22-10-9-12(18)21-2/h4-8,13H,3,9-10H2,1-2H3,(H2,16,17,19,20)/t13-/m1/s1. The summed E-state index contributed by atoms with van der Waals surface area (Å²) in [6.45, 7) is 2.20. The second-order valence-corrected chi connectivity index (χ2v) is 5.55. The summed E-state index contributed by atoms with van der Waals surface area (Å²) in [5.74, 6) is -0.315. The molecule has 0 radical (unpaired) electrons. The lowest BCUT2D eigenvalue weighted by Gasteiger charge is -2.16. The smallest absolute Gasteiger partial charge is 0.321 e. The zero-order chi connectivity index (χ0) is 16.4.